The molecule has 2 heterocycles. The Bertz CT molecular complexity index is 533. The van der Waals surface area contributed by atoms with Gasteiger partial charge in [-0.15, -0.1) is 10.2 Å². The zero-order chi connectivity index (χ0) is 11.5. The second-order valence-electron chi connectivity index (χ2n) is 3.76. The van der Waals surface area contributed by atoms with Crippen LogP contribution < -0.4 is 5.56 Å². The maximum absolute atomic E-state index is 11.7. The highest BCUT2D eigenvalue weighted by Crippen LogP contribution is 2.09. The molecule has 0 amide bonds. The van der Waals surface area contributed by atoms with Crippen molar-refractivity contribution in [3.63, 3.8) is 0 Å². The molecule has 2 aromatic rings. The average molecular weight is 216 g/mol. The van der Waals surface area contributed by atoms with Crippen molar-refractivity contribution in [2.45, 2.75) is 19.8 Å². The van der Waals surface area contributed by atoms with Crippen LogP contribution in [0.15, 0.2) is 29.2 Å². The minimum Gasteiger partial charge on any atom is -0.302 e. The number of H-pyrrole nitrogens is 1. The molecule has 5 nitrogen and oxygen atoms in total. The quantitative estimate of drug-likeness (QED) is 0.822. The molecular weight excluding hydrogens is 204 g/mol. The Hall–Kier alpha value is -2.04. The molecule has 5 heteroatoms. The smallest absolute Gasteiger partial charge is 0.273 e. The van der Waals surface area contributed by atoms with E-state index in [4.69, 9.17) is 0 Å². The molecule has 0 aliphatic heterocycles. The molecule has 0 atom stereocenters. The third kappa shape index (κ3) is 1.98. The minimum atomic E-state index is -0.203. The van der Waals surface area contributed by atoms with E-state index in [9.17, 15) is 4.79 Å². The second kappa shape index (κ2) is 4.22. The molecule has 0 saturated heterocycles. The summed E-state index contributed by atoms with van der Waals surface area (Å²) >= 11 is 0. The van der Waals surface area contributed by atoms with Gasteiger partial charge in [-0.1, -0.05) is 19.9 Å². The van der Waals surface area contributed by atoms with Gasteiger partial charge in [-0.3, -0.25) is 9.78 Å². The zero-order valence-corrected chi connectivity index (χ0v) is 9.14. The fourth-order valence-electron chi connectivity index (χ4n) is 1.34. The third-order valence-corrected chi connectivity index (χ3v) is 2.18. The summed E-state index contributed by atoms with van der Waals surface area (Å²) in [4.78, 5) is 18.4. The summed E-state index contributed by atoms with van der Waals surface area (Å²) in [6, 6.07) is 5.41. The number of nitrogens with one attached hydrogen (secondary N) is 1. The molecule has 1 N–H and O–H groups in total. The first kappa shape index (κ1) is 10.5. The molecule has 16 heavy (non-hydrogen) atoms. The van der Waals surface area contributed by atoms with Gasteiger partial charge in [0.15, 0.2) is 5.82 Å². The van der Waals surface area contributed by atoms with Gasteiger partial charge < -0.3 is 4.98 Å². The molecule has 0 fully saturated rings. The maximum Gasteiger partial charge on any atom is 0.273 e. The summed E-state index contributed by atoms with van der Waals surface area (Å²) in [6.45, 7) is 3.80. The lowest BCUT2D eigenvalue weighted by atomic mass is 10.1. The molecule has 2 aromatic heterocycles. The highest BCUT2D eigenvalue weighted by atomic mass is 16.1. The molecule has 0 aliphatic carbocycles. The van der Waals surface area contributed by atoms with E-state index >= 15 is 0 Å². The van der Waals surface area contributed by atoms with Crippen LogP contribution in [-0.2, 0) is 0 Å². The van der Waals surface area contributed by atoms with Crippen LogP contribution >= 0.6 is 0 Å². The lowest BCUT2D eigenvalue weighted by molar-refractivity contribution is 0.752. The Kier molecular flexibility index (Phi) is 2.76. The first-order valence-electron chi connectivity index (χ1n) is 5.07. The number of hydrogen-bond acceptors (Lipinski definition) is 4. The molecule has 82 valence electrons. The normalized spacial score (nSPS) is 10.7. The maximum atomic E-state index is 11.7. The van der Waals surface area contributed by atoms with Crippen molar-refractivity contribution in [1.82, 2.24) is 20.2 Å². The monoisotopic (exact) mass is 216 g/mol. The topological polar surface area (TPSA) is 71.5 Å². The van der Waals surface area contributed by atoms with E-state index < -0.39 is 0 Å². The standard InChI is InChI=1S/C11H12N4O/c1-7(2)9-11(16)13-10(15-14-9)8-5-3-4-6-12-8/h3-7H,1-2H3,(H,13,15,16). The SMILES string of the molecule is CC(C)c1nnc(-c2ccccn2)[nH]c1=O. The van der Waals surface area contributed by atoms with E-state index in [1.54, 1.807) is 18.3 Å². The van der Waals surface area contributed by atoms with Crippen molar-refractivity contribution in [3.05, 3.63) is 40.4 Å². The van der Waals surface area contributed by atoms with Crippen LogP contribution in [0, 0.1) is 0 Å². The minimum absolute atomic E-state index is 0.0639. The summed E-state index contributed by atoms with van der Waals surface area (Å²) in [5, 5.41) is 7.88. The fraction of sp³-hybridized carbons (Fsp3) is 0.273. The van der Waals surface area contributed by atoms with Gasteiger partial charge in [-0.25, -0.2) is 0 Å². The van der Waals surface area contributed by atoms with Crippen molar-refractivity contribution >= 4 is 0 Å². The van der Waals surface area contributed by atoms with Gasteiger partial charge in [0.1, 0.15) is 11.4 Å². The largest absolute Gasteiger partial charge is 0.302 e. The van der Waals surface area contributed by atoms with Crippen LogP contribution in [-0.4, -0.2) is 20.2 Å². The van der Waals surface area contributed by atoms with Crippen molar-refractivity contribution in [2.24, 2.45) is 0 Å². The Morgan fingerprint density at radius 2 is 2.06 bits per heavy atom. The van der Waals surface area contributed by atoms with Gasteiger partial charge in [-0.2, -0.15) is 0 Å². The van der Waals surface area contributed by atoms with Crippen molar-refractivity contribution in [3.8, 4) is 11.5 Å². The summed E-state index contributed by atoms with van der Waals surface area (Å²) in [6.07, 6.45) is 1.64. The number of aromatic amines is 1. The number of rotatable bonds is 2. The lowest BCUT2D eigenvalue weighted by Crippen LogP contribution is -2.18. The number of hydrogen-bond donors (Lipinski definition) is 1. The van der Waals surface area contributed by atoms with Gasteiger partial charge in [0.05, 0.1) is 0 Å². The predicted octanol–water partition coefficient (Wildman–Crippen LogP) is 1.35. The van der Waals surface area contributed by atoms with Gasteiger partial charge in [0, 0.05) is 12.1 Å². The van der Waals surface area contributed by atoms with Crippen LogP contribution in [0.2, 0.25) is 0 Å². The van der Waals surface area contributed by atoms with Crippen molar-refractivity contribution in [1.29, 1.82) is 0 Å². The van der Waals surface area contributed by atoms with Gasteiger partial charge in [-0.05, 0) is 12.1 Å². The molecule has 0 bridgehead atoms. The molecular formula is C11H12N4O. The van der Waals surface area contributed by atoms with Gasteiger partial charge >= 0.3 is 0 Å². The molecule has 0 radical (unpaired) electrons. The summed E-state index contributed by atoms with van der Waals surface area (Å²) < 4.78 is 0. The zero-order valence-electron chi connectivity index (χ0n) is 9.14. The Morgan fingerprint density at radius 1 is 1.25 bits per heavy atom. The molecule has 0 aliphatic rings. The molecule has 2 rings (SSSR count). The first-order chi connectivity index (χ1) is 7.68. The number of aromatic nitrogens is 4. The highest BCUT2D eigenvalue weighted by Gasteiger charge is 2.09. The van der Waals surface area contributed by atoms with E-state index in [1.807, 2.05) is 19.9 Å². The van der Waals surface area contributed by atoms with E-state index in [-0.39, 0.29) is 11.5 Å². The molecule has 0 unspecified atom stereocenters. The average Bonchev–Trinajstić information content (AvgIpc) is 2.29. The van der Waals surface area contributed by atoms with Crippen molar-refractivity contribution in [2.75, 3.05) is 0 Å². The Balaban J connectivity index is 2.47. The first-order valence-corrected chi connectivity index (χ1v) is 5.07. The van der Waals surface area contributed by atoms with Gasteiger partial charge in [0.2, 0.25) is 0 Å². The van der Waals surface area contributed by atoms with Crippen LogP contribution in [0.25, 0.3) is 11.5 Å². The molecule has 0 aromatic carbocycles. The van der Waals surface area contributed by atoms with Gasteiger partial charge in [0.25, 0.3) is 5.56 Å². The highest BCUT2D eigenvalue weighted by molar-refractivity contribution is 5.46. The number of nitrogens with zero attached hydrogens (tertiary/aromatic N) is 3. The second-order valence-corrected chi connectivity index (χ2v) is 3.76. The Morgan fingerprint density at radius 3 is 2.62 bits per heavy atom. The fourth-order valence-corrected chi connectivity index (χ4v) is 1.34. The molecule has 0 saturated carbocycles. The molecule has 0 spiro atoms. The summed E-state index contributed by atoms with van der Waals surface area (Å²) in [5.41, 5.74) is 0.854. The van der Waals surface area contributed by atoms with Crippen LogP contribution in [0.3, 0.4) is 0 Å². The third-order valence-electron chi connectivity index (χ3n) is 2.18. The van der Waals surface area contributed by atoms with E-state index in [2.05, 4.69) is 20.2 Å². The van der Waals surface area contributed by atoms with Crippen LogP contribution in [0.5, 0.6) is 0 Å². The predicted molar refractivity (Wildman–Crippen MR) is 60.0 cm³/mol. The van der Waals surface area contributed by atoms with E-state index in [0.29, 0.717) is 17.2 Å². The van der Waals surface area contributed by atoms with Crippen molar-refractivity contribution < 1.29 is 0 Å². The summed E-state index contributed by atoms with van der Waals surface area (Å²) in [7, 11) is 0. The van der Waals surface area contributed by atoms with Crippen LogP contribution in [0.4, 0.5) is 0 Å². The van der Waals surface area contributed by atoms with E-state index in [0.717, 1.165) is 0 Å². The number of pyridine rings is 1. The Labute approximate surface area is 92.6 Å². The van der Waals surface area contributed by atoms with E-state index in [1.165, 1.54) is 0 Å². The lowest BCUT2D eigenvalue weighted by Gasteiger charge is -2.03. The summed E-state index contributed by atoms with van der Waals surface area (Å²) in [5.74, 6) is 0.462. The van der Waals surface area contributed by atoms with Crippen LogP contribution in [0.1, 0.15) is 25.5 Å².